The molecule has 0 spiro atoms. The molecule has 2 aliphatic rings. The standard InChI is InChI=1S/C15H29N3O4S/c1-12(2)9-18-5-6-22-14(10-18)8-16-15(19)17(3)13-4-7-23(20,21)11-13/h12-14H,4-11H2,1-3H3,(H,16,19)/t13-,14+/m1/s1. The highest BCUT2D eigenvalue weighted by Gasteiger charge is 2.33. The zero-order chi connectivity index (χ0) is 17.0. The molecule has 0 radical (unpaired) electrons. The van der Waals surface area contributed by atoms with E-state index in [9.17, 15) is 13.2 Å². The van der Waals surface area contributed by atoms with Crippen LogP contribution in [0.25, 0.3) is 0 Å². The number of carbonyl (C=O) groups excluding carboxylic acids is 1. The van der Waals surface area contributed by atoms with E-state index >= 15 is 0 Å². The van der Waals surface area contributed by atoms with Gasteiger partial charge in [-0.2, -0.15) is 0 Å². The van der Waals surface area contributed by atoms with Crippen molar-refractivity contribution in [1.82, 2.24) is 15.1 Å². The lowest BCUT2D eigenvalue weighted by Crippen LogP contribution is -2.51. The largest absolute Gasteiger partial charge is 0.374 e. The Kier molecular flexibility index (Phi) is 6.27. The summed E-state index contributed by atoms with van der Waals surface area (Å²) in [5, 5.41) is 2.87. The molecule has 0 aromatic carbocycles. The van der Waals surface area contributed by atoms with Crippen LogP contribution in [0.3, 0.4) is 0 Å². The lowest BCUT2D eigenvalue weighted by Gasteiger charge is -2.34. The normalized spacial score (nSPS) is 28.0. The molecule has 2 atom stereocenters. The van der Waals surface area contributed by atoms with Gasteiger partial charge in [0.25, 0.3) is 0 Å². The second-order valence-corrected chi connectivity index (χ2v) is 9.23. The maximum absolute atomic E-state index is 12.2. The van der Waals surface area contributed by atoms with Crippen molar-refractivity contribution in [3.05, 3.63) is 0 Å². The van der Waals surface area contributed by atoms with Crippen LogP contribution in [0.2, 0.25) is 0 Å². The van der Waals surface area contributed by atoms with Crippen LogP contribution >= 0.6 is 0 Å². The number of nitrogens with one attached hydrogen (secondary N) is 1. The Morgan fingerprint density at radius 2 is 2.17 bits per heavy atom. The van der Waals surface area contributed by atoms with Crippen LogP contribution < -0.4 is 5.32 Å². The van der Waals surface area contributed by atoms with Gasteiger partial charge in [-0.05, 0) is 12.3 Å². The lowest BCUT2D eigenvalue weighted by atomic mass is 10.2. The topological polar surface area (TPSA) is 79.0 Å². The van der Waals surface area contributed by atoms with Crippen LogP contribution in [0, 0.1) is 5.92 Å². The Morgan fingerprint density at radius 1 is 1.43 bits per heavy atom. The van der Waals surface area contributed by atoms with Crippen LogP contribution in [0.1, 0.15) is 20.3 Å². The van der Waals surface area contributed by atoms with E-state index in [1.165, 1.54) is 4.90 Å². The number of carbonyl (C=O) groups is 1. The summed E-state index contributed by atoms with van der Waals surface area (Å²) in [6.45, 7) is 8.31. The first-order valence-corrected chi connectivity index (χ1v) is 10.1. The molecule has 2 aliphatic heterocycles. The fourth-order valence-corrected chi connectivity index (χ4v) is 4.93. The second-order valence-electron chi connectivity index (χ2n) is 7.00. The lowest BCUT2D eigenvalue weighted by molar-refractivity contribution is -0.0294. The van der Waals surface area contributed by atoms with E-state index in [2.05, 4.69) is 24.1 Å². The minimum absolute atomic E-state index is 0.00726. The van der Waals surface area contributed by atoms with Crippen molar-refractivity contribution >= 4 is 15.9 Å². The summed E-state index contributed by atoms with van der Waals surface area (Å²) in [6, 6.07) is -0.443. The summed E-state index contributed by atoms with van der Waals surface area (Å²) in [4.78, 5) is 16.1. The quantitative estimate of drug-likeness (QED) is 0.767. The fraction of sp³-hybridized carbons (Fsp3) is 0.933. The van der Waals surface area contributed by atoms with E-state index in [-0.39, 0.29) is 29.7 Å². The van der Waals surface area contributed by atoms with E-state index < -0.39 is 9.84 Å². The van der Waals surface area contributed by atoms with Gasteiger partial charge in [0.1, 0.15) is 0 Å². The Morgan fingerprint density at radius 3 is 2.78 bits per heavy atom. The number of hydrogen-bond donors (Lipinski definition) is 1. The third-order valence-corrected chi connectivity index (χ3v) is 6.15. The first kappa shape index (κ1) is 18.5. The molecule has 2 heterocycles. The molecule has 0 aromatic heterocycles. The summed E-state index contributed by atoms with van der Waals surface area (Å²) in [5.74, 6) is 0.850. The van der Waals surface area contributed by atoms with E-state index in [0.717, 1.165) is 19.6 Å². The van der Waals surface area contributed by atoms with Gasteiger partial charge in [-0.1, -0.05) is 13.8 Å². The molecule has 0 aliphatic carbocycles. The molecule has 2 fully saturated rings. The van der Waals surface area contributed by atoms with Crippen LogP contribution in [-0.4, -0.2) is 87.7 Å². The SMILES string of the molecule is CC(C)CN1CCO[C@@H](CNC(=O)N(C)[C@@H]2CCS(=O)(=O)C2)C1. The van der Waals surface area contributed by atoms with Gasteiger partial charge in [-0.15, -0.1) is 0 Å². The highest BCUT2D eigenvalue weighted by atomic mass is 32.2. The molecule has 1 N–H and O–H groups in total. The Bertz CT molecular complexity index is 509. The van der Waals surface area contributed by atoms with E-state index in [0.29, 0.717) is 25.5 Å². The number of sulfone groups is 1. The molecule has 7 nitrogen and oxygen atoms in total. The first-order valence-electron chi connectivity index (χ1n) is 8.32. The zero-order valence-corrected chi connectivity index (χ0v) is 15.1. The van der Waals surface area contributed by atoms with Crippen LogP contribution in [0.15, 0.2) is 0 Å². The van der Waals surface area contributed by atoms with E-state index in [1.54, 1.807) is 7.05 Å². The molecule has 8 heteroatoms. The van der Waals surface area contributed by atoms with Crippen LogP contribution in [-0.2, 0) is 14.6 Å². The van der Waals surface area contributed by atoms with Crippen molar-refractivity contribution in [3.63, 3.8) is 0 Å². The Labute approximate surface area is 139 Å². The summed E-state index contributed by atoms with van der Waals surface area (Å²) < 4.78 is 28.7. The van der Waals surface area contributed by atoms with Crippen LogP contribution in [0.4, 0.5) is 4.79 Å². The van der Waals surface area contributed by atoms with Gasteiger partial charge in [-0.3, -0.25) is 4.90 Å². The van der Waals surface area contributed by atoms with Gasteiger partial charge in [0.05, 0.1) is 24.2 Å². The highest BCUT2D eigenvalue weighted by molar-refractivity contribution is 7.91. The Balaban J connectivity index is 1.75. The van der Waals surface area contributed by atoms with Crippen molar-refractivity contribution in [2.45, 2.75) is 32.4 Å². The molecule has 2 rings (SSSR count). The minimum atomic E-state index is -2.98. The molecule has 134 valence electrons. The third kappa shape index (κ3) is 5.61. The number of hydrogen-bond acceptors (Lipinski definition) is 5. The number of urea groups is 1. The molecular formula is C15H29N3O4S. The Hall–Kier alpha value is -0.860. The molecule has 0 saturated carbocycles. The summed E-state index contributed by atoms with van der Waals surface area (Å²) in [5.41, 5.74) is 0. The van der Waals surface area contributed by atoms with Gasteiger partial charge in [0, 0.05) is 39.3 Å². The fourth-order valence-electron chi connectivity index (χ4n) is 3.16. The summed E-state index contributed by atoms with van der Waals surface area (Å²) in [7, 11) is -1.32. The molecule has 23 heavy (non-hydrogen) atoms. The maximum Gasteiger partial charge on any atom is 0.317 e. The number of morpholine rings is 1. The third-order valence-electron chi connectivity index (χ3n) is 4.40. The molecule has 0 unspecified atom stereocenters. The second kappa shape index (κ2) is 7.81. The van der Waals surface area contributed by atoms with Crippen molar-refractivity contribution in [1.29, 1.82) is 0 Å². The summed E-state index contributed by atoms with van der Waals surface area (Å²) >= 11 is 0. The number of ether oxygens (including phenoxy) is 1. The smallest absolute Gasteiger partial charge is 0.317 e. The average molecular weight is 347 g/mol. The van der Waals surface area contributed by atoms with E-state index in [4.69, 9.17) is 4.74 Å². The zero-order valence-electron chi connectivity index (χ0n) is 14.3. The molecule has 2 saturated heterocycles. The van der Waals surface area contributed by atoms with Crippen molar-refractivity contribution < 1.29 is 17.9 Å². The highest BCUT2D eigenvalue weighted by Crippen LogP contribution is 2.16. The van der Waals surface area contributed by atoms with Gasteiger partial charge >= 0.3 is 6.03 Å². The van der Waals surface area contributed by atoms with Crippen molar-refractivity contribution in [2.24, 2.45) is 5.92 Å². The average Bonchev–Trinajstić information content (AvgIpc) is 2.84. The minimum Gasteiger partial charge on any atom is -0.374 e. The maximum atomic E-state index is 12.2. The molecular weight excluding hydrogens is 318 g/mol. The van der Waals surface area contributed by atoms with Gasteiger partial charge < -0.3 is 15.0 Å². The van der Waals surface area contributed by atoms with Crippen LogP contribution in [0.5, 0.6) is 0 Å². The monoisotopic (exact) mass is 347 g/mol. The predicted molar refractivity (Wildman–Crippen MR) is 89.2 cm³/mol. The number of rotatable bonds is 5. The number of amides is 2. The molecule has 2 amide bonds. The van der Waals surface area contributed by atoms with Gasteiger partial charge in [-0.25, -0.2) is 13.2 Å². The summed E-state index contributed by atoms with van der Waals surface area (Å²) in [6.07, 6.45) is 0.515. The number of nitrogens with zero attached hydrogens (tertiary/aromatic N) is 2. The van der Waals surface area contributed by atoms with Crippen molar-refractivity contribution in [2.75, 3.05) is 51.3 Å². The first-order chi connectivity index (χ1) is 10.8. The molecule has 0 bridgehead atoms. The van der Waals surface area contributed by atoms with E-state index in [1.807, 2.05) is 0 Å². The van der Waals surface area contributed by atoms with Crippen molar-refractivity contribution in [3.8, 4) is 0 Å². The van der Waals surface area contributed by atoms with Gasteiger partial charge in [0.15, 0.2) is 9.84 Å². The van der Waals surface area contributed by atoms with Gasteiger partial charge in [0.2, 0.25) is 0 Å². The molecule has 0 aromatic rings. The predicted octanol–water partition coefficient (Wildman–Crippen LogP) is 0.172.